The number of aryl methyl sites for hydroxylation is 1. The fraction of sp³-hybridized carbons (Fsp3) is 0.294. The van der Waals surface area contributed by atoms with E-state index in [1.165, 1.54) is 18.7 Å². The van der Waals surface area contributed by atoms with E-state index in [1.54, 1.807) is 6.07 Å². The van der Waals surface area contributed by atoms with Gasteiger partial charge in [-0.1, -0.05) is 36.8 Å². The lowest BCUT2D eigenvalue weighted by atomic mass is 9.97. The number of nitrogens with one attached hydrogen (secondary N) is 1. The van der Waals surface area contributed by atoms with Gasteiger partial charge >= 0.3 is 0 Å². The van der Waals surface area contributed by atoms with Crippen molar-refractivity contribution >= 4 is 0 Å². The van der Waals surface area contributed by atoms with Crippen LogP contribution in [-0.2, 0) is 6.54 Å². The normalized spacial score (nSPS) is 10.6. The minimum atomic E-state index is -0.332. The van der Waals surface area contributed by atoms with Gasteiger partial charge in [-0.25, -0.2) is 4.39 Å². The Bertz CT molecular complexity index is 596. The first kappa shape index (κ1) is 14.5. The van der Waals surface area contributed by atoms with E-state index in [9.17, 15) is 4.39 Å². The lowest BCUT2D eigenvalue weighted by Crippen LogP contribution is -2.12. The zero-order valence-electron chi connectivity index (χ0n) is 12.2. The van der Waals surface area contributed by atoms with E-state index in [0.717, 1.165) is 29.8 Å². The largest absolute Gasteiger partial charge is 0.494 e. The molecule has 2 nitrogen and oxygen atoms in total. The third-order valence-corrected chi connectivity index (χ3v) is 3.29. The Hall–Kier alpha value is -1.87. The van der Waals surface area contributed by atoms with Crippen LogP contribution in [0, 0.1) is 12.7 Å². The summed E-state index contributed by atoms with van der Waals surface area (Å²) in [6.45, 7) is 5.80. The molecule has 0 aromatic heterocycles. The third kappa shape index (κ3) is 3.17. The van der Waals surface area contributed by atoms with Crippen LogP contribution in [0.5, 0.6) is 5.75 Å². The maximum absolute atomic E-state index is 13.9. The number of hydrogen-bond acceptors (Lipinski definition) is 2. The molecule has 0 unspecified atom stereocenters. The second-order valence-electron chi connectivity index (χ2n) is 4.79. The molecule has 0 saturated heterocycles. The maximum Gasteiger partial charge on any atom is 0.165 e. The quantitative estimate of drug-likeness (QED) is 0.891. The number of hydrogen-bond donors (Lipinski definition) is 1. The molecule has 0 fully saturated rings. The molecule has 2 aromatic carbocycles. The van der Waals surface area contributed by atoms with E-state index in [2.05, 4.69) is 30.4 Å². The Balaban J connectivity index is 2.44. The zero-order valence-corrected chi connectivity index (χ0v) is 12.2. The van der Waals surface area contributed by atoms with Crippen LogP contribution in [0.25, 0.3) is 11.1 Å². The predicted octanol–water partition coefficient (Wildman–Crippen LogP) is 3.92. The molecule has 1 N–H and O–H groups in total. The zero-order chi connectivity index (χ0) is 14.5. The van der Waals surface area contributed by atoms with Crippen molar-refractivity contribution in [2.45, 2.75) is 20.4 Å². The fourth-order valence-electron chi connectivity index (χ4n) is 2.21. The van der Waals surface area contributed by atoms with E-state index >= 15 is 0 Å². The molecule has 20 heavy (non-hydrogen) atoms. The van der Waals surface area contributed by atoms with Crippen LogP contribution in [-0.4, -0.2) is 13.7 Å². The number of halogens is 1. The SMILES string of the molecule is CCNCc1ccc(C)cc1-c1ccc(OC)c(F)c1. The van der Waals surface area contributed by atoms with E-state index in [-0.39, 0.29) is 11.6 Å². The summed E-state index contributed by atoms with van der Waals surface area (Å²) in [6, 6.07) is 11.4. The standard InChI is InChI=1S/C17H20FNO/c1-4-19-11-14-6-5-12(2)9-15(14)13-7-8-17(20-3)16(18)10-13/h5-10,19H,4,11H2,1-3H3. The van der Waals surface area contributed by atoms with Gasteiger partial charge in [0.1, 0.15) is 0 Å². The van der Waals surface area contributed by atoms with E-state index < -0.39 is 0 Å². The number of ether oxygens (including phenoxy) is 1. The monoisotopic (exact) mass is 273 g/mol. The van der Waals surface area contributed by atoms with Gasteiger partial charge in [0.25, 0.3) is 0 Å². The van der Waals surface area contributed by atoms with Crippen molar-refractivity contribution in [3.05, 3.63) is 53.3 Å². The van der Waals surface area contributed by atoms with Crippen LogP contribution in [0.4, 0.5) is 4.39 Å². The highest BCUT2D eigenvalue weighted by atomic mass is 19.1. The lowest BCUT2D eigenvalue weighted by Gasteiger charge is -2.12. The van der Waals surface area contributed by atoms with Crippen molar-refractivity contribution in [3.63, 3.8) is 0 Å². The Morgan fingerprint density at radius 2 is 1.95 bits per heavy atom. The van der Waals surface area contributed by atoms with Crippen molar-refractivity contribution in [2.24, 2.45) is 0 Å². The van der Waals surface area contributed by atoms with Crippen LogP contribution in [0.3, 0.4) is 0 Å². The first-order chi connectivity index (χ1) is 9.65. The first-order valence-electron chi connectivity index (χ1n) is 6.80. The van der Waals surface area contributed by atoms with Crippen molar-refractivity contribution in [3.8, 4) is 16.9 Å². The molecular weight excluding hydrogens is 253 g/mol. The number of methoxy groups -OCH3 is 1. The van der Waals surface area contributed by atoms with E-state index in [4.69, 9.17) is 4.74 Å². The van der Waals surface area contributed by atoms with Crippen LogP contribution in [0.15, 0.2) is 36.4 Å². The molecule has 2 aromatic rings. The van der Waals surface area contributed by atoms with E-state index in [0.29, 0.717) is 0 Å². The van der Waals surface area contributed by atoms with Crippen molar-refractivity contribution < 1.29 is 9.13 Å². The minimum Gasteiger partial charge on any atom is -0.494 e. The highest BCUT2D eigenvalue weighted by molar-refractivity contribution is 5.69. The van der Waals surface area contributed by atoms with Gasteiger partial charge in [0, 0.05) is 6.54 Å². The Labute approximate surface area is 119 Å². The van der Waals surface area contributed by atoms with Crippen LogP contribution in [0.1, 0.15) is 18.1 Å². The number of benzene rings is 2. The van der Waals surface area contributed by atoms with Gasteiger partial charge in [0.15, 0.2) is 11.6 Å². The van der Waals surface area contributed by atoms with Gasteiger partial charge in [-0.3, -0.25) is 0 Å². The van der Waals surface area contributed by atoms with Crippen molar-refractivity contribution in [1.29, 1.82) is 0 Å². The smallest absolute Gasteiger partial charge is 0.165 e. The van der Waals surface area contributed by atoms with Gasteiger partial charge in [0.2, 0.25) is 0 Å². The molecule has 0 aliphatic rings. The summed E-state index contributed by atoms with van der Waals surface area (Å²) in [5.41, 5.74) is 4.27. The molecule has 0 bridgehead atoms. The molecule has 0 spiro atoms. The summed E-state index contributed by atoms with van der Waals surface area (Å²) in [4.78, 5) is 0. The molecule has 0 aliphatic heterocycles. The molecule has 0 heterocycles. The van der Waals surface area contributed by atoms with Gasteiger partial charge < -0.3 is 10.1 Å². The summed E-state index contributed by atoms with van der Waals surface area (Å²) in [7, 11) is 1.47. The Kier molecular flexibility index (Phi) is 4.74. The summed E-state index contributed by atoms with van der Waals surface area (Å²) in [6.07, 6.45) is 0. The average Bonchev–Trinajstić information content (AvgIpc) is 2.46. The van der Waals surface area contributed by atoms with Gasteiger partial charge in [0.05, 0.1) is 7.11 Å². The third-order valence-electron chi connectivity index (χ3n) is 3.29. The Morgan fingerprint density at radius 1 is 1.15 bits per heavy atom. The molecule has 0 amide bonds. The summed E-state index contributed by atoms with van der Waals surface area (Å²) in [5.74, 6) is -0.0597. The molecule has 0 aliphatic carbocycles. The molecule has 3 heteroatoms. The second kappa shape index (κ2) is 6.53. The molecule has 106 valence electrons. The maximum atomic E-state index is 13.9. The summed E-state index contributed by atoms with van der Waals surface area (Å²) in [5, 5.41) is 3.31. The molecular formula is C17H20FNO. The molecule has 0 atom stereocenters. The topological polar surface area (TPSA) is 21.3 Å². The van der Waals surface area contributed by atoms with Crippen LogP contribution >= 0.6 is 0 Å². The van der Waals surface area contributed by atoms with Crippen molar-refractivity contribution in [2.75, 3.05) is 13.7 Å². The summed E-state index contributed by atoms with van der Waals surface area (Å²) < 4.78 is 18.8. The molecule has 2 rings (SSSR count). The summed E-state index contributed by atoms with van der Waals surface area (Å²) >= 11 is 0. The molecule has 0 radical (unpaired) electrons. The fourth-order valence-corrected chi connectivity index (χ4v) is 2.21. The average molecular weight is 273 g/mol. The van der Waals surface area contributed by atoms with Crippen LogP contribution in [0.2, 0.25) is 0 Å². The van der Waals surface area contributed by atoms with Gasteiger partial charge in [-0.05, 0) is 42.3 Å². The van der Waals surface area contributed by atoms with Gasteiger partial charge in [-0.2, -0.15) is 0 Å². The highest BCUT2D eigenvalue weighted by Gasteiger charge is 2.09. The minimum absolute atomic E-state index is 0.273. The molecule has 0 saturated carbocycles. The van der Waals surface area contributed by atoms with E-state index in [1.807, 2.05) is 13.0 Å². The highest BCUT2D eigenvalue weighted by Crippen LogP contribution is 2.29. The van der Waals surface area contributed by atoms with Crippen molar-refractivity contribution in [1.82, 2.24) is 5.32 Å². The lowest BCUT2D eigenvalue weighted by molar-refractivity contribution is 0.386. The van der Waals surface area contributed by atoms with Gasteiger partial charge in [-0.15, -0.1) is 0 Å². The predicted molar refractivity (Wildman–Crippen MR) is 80.5 cm³/mol. The number of rotatable bonds is 5. The van der Waals surface area contributed by atoms with Crippen LogP contribution < -0.4 is 10.1 Å². The first-order valence-corrected chi connectivity index (χ1v) is 6.80. The Morgan fingerprint density at radius 3 is 2.60 bits per heavy atom. The second-order valence-corrected chi connectivity index (χ2v) is 4.79.